The van der Waals surface area contributed by atoms with Crippen molar-refractivity contribution in [3.05, 3.63) is 11.6 Å². The standard InChI is InChI=1S/C5H5ClO4/c1-3(5(8)9)2-4(7)10-6/h2H,1H3,(H,8,9)/b3-2+. The molecule has 0 amide bonds. The fraction of sp³-hybridized carbons (Fsp3) is 0.200. The zero-order valence-corrected chi connectivity index (χ0v) is 5.88. The van der Waals surface area contributed by atoms with Crippen LogP contribution in [0.5, 0.6) is 0 Å². The lowest BCUT2D eigenvalue weighted by Crippen LogP contribution is -2.00. The quantitative estimate of drug-likeness (QED) is 0.611. The molecule has 0 aliphatic rings. The third-order valence-corrected chi connectivity index (χ3v) is 0.900. The van der Waals surface area contributed by atoms with E-state index in [1.807, 2.05) is 0 Å². The lowest BCUT2D eigenvalue weighted by molar-refractivity contribution is -0.134. The summed E-state index contributed by atoms with van der Waals surface area (Å²) in [5.41, 5.74) is -0.120. The Bertz CT molecular complexity index is 184. The van der Waals surface area contributed by atoms with E-state index in [-0.39, 0.29) is 5.57 Å². The molecule has 0 heterocycles. The number of carboxylic acid groups (broad SMARTS) is 1. The first-order chi connectivity index (χ1) is 4.57. The van der Waals surface area contributed by atoms with Gasteiger partial charge in [0.25, 0.3) is 0 Å². The molecule has 0 spiro atoms. The van der Waals surface area contributed by atoms with E-state index in [1.165, 1.54) is 6.92 Å². The molecule has 0 aromatic heterocycles. The largest absolute Gasteiger partial charge is 0.478 e. The first-order valence-electron chi connectivity index (χ1n) is 2.32. The van der Waals surface area contributed by atoms with Gasteiger partial charge in [-0.2, -0.15) is 0 Å². The summed E-state index contributed by atoms with van der Waals surface area (Å²) in [4.78, 5) is 20.3. The maximum absolute atomic E-state index is 10.2. The number of carbonyl (C=O) groups is 2. The Morgan fingerprint density at radius 2 is 2.10 bits per heavy atom. The van der Waals surface area contributed by atoms with E-state index in [1.54, 1.807) is 0 Å². The topological polar surface area (TPSA) is 63.6 Å². The van der Waals surface area contributed by atoms with Gasteiger partial charge in [0.2, 0.25) is 0 Å². The Balaban J connectivity index is 4.16. The van der Waals surface area contributed by atoms with Gasteiger partial charge < -0.3 is 9.40 Å². The third kappa shape index (κ3) is 3.09. The van der Waals surface area contributed by atoms with Crippen LogP contribution in [0.2, 0.25) is 0 Å². The van der Waals surface area contributed by atoms with Crippen LogP contribution in [0.1, 0.15) is 6.92 Å². The average molecular weight is 165 g/mol. The second-order valence-corrected chi connectivity index (χ2v) is 1.68. The SMILES string of the molecule is C/C(=C\C(=O)OCl)C(=O)O. The summed E-state index contributed by atoms with van der Waals surface area (Å²) in [6.45, 7) is 1.26. The van der Waals surface area contributed by atoms with Crippen LogP contribution in [0.3, 0.4) is 0 Å². The Morgan fingerprint density at radius 3 is 2.40 bits per heavy atom. The van der Waals surface area contributed by atoms with Crippen molar-refractivity contribution in [1.82, 2.24) is 0 Å². The molecule has 0 bridgehead atoms. The smallest absolute Gasteiger partial charge is 0.349 e. The van der Waals surface area contributed by atoms with Crippen LogP contribution in [0.4, 0.5) is 0 Å². The van der Waals surface area contributed by atoms with Crippen molar-refractivity contribution in [2.45, 2.75) is 6.92 Å². The molecule has 0 aliphatic heterocycles. The molecule has 0 fully saturated rings. The highest BCUT2D eigenvalue weighted by atomic mass is 35.5. The molecular formula is C5H5ClO4. The molecule has 0 aliphatic carbocycles. The van der Waals surface area contributed by atoms with E-state index in [0.717, 1.165) is 6.08 Å². The van der Waals surface area contributed by atoms with Gasteiger partial charge in [0.15, 0.2) is 0 Å². The van der Waals surface area contributed by atoms with E-state index < -0.39 is 11.9 Å². The molecule has 0 rings (SSSR count). The summed E-state index contributed by atoms with van der Waals surface area (Å²) >= 11 is 4.61. The van der Waals surface area contributed by atoms with Gasteiger partial charge in [-0.05, 0) is 6.92 Å². The molecule has 0 unspecified atom stereocenters. The van der Waals surface area contributed by atoms with E-state index in [0.29, 0.717) is 0 Å². The summed E-state index contributed by atoms with van der Waals surface area (Å²) < 4.78 is 3.66. The first-order valence-corrected chi connectivity index (χ1v) is 2.63. The highest BCUT2D eigenvalue weighted by molar-refractivity contribution is 6.15. The van der Waals surface area contributed by atoms with Crippen LogP contribution in [-0.4, -0.2) is 17.0 Å². The molecule has 56 valence electrons. The molecule has 1 N–H and O–H groups in total. The minimum atomic E-state index is -1.18. The van der Waals surface area contributed by atoms with Gasteiger partial charge in [-0.15, -0.1) is 0 Å². The zero-order chi connectivity index (χ0) is 8.15. The summed E-state index contributed by atoms with van der Waals surface area (Å²) in [6, 6.07) is 0. The Labute approximate surface area is 62.2 Å². The minimum absolute atomic E-state index is 0.120. The number of carbonyl (C=O) groups excluding carboxylic acids is 1. The second kappa shape index (κ2) is 3.90. The average Bonchev–Trinajstić information content (AvgIpc) is 1.87. The fourth-order valence-electron chi connectivity index (χ4n) is 0.261. The predicted octanol–water partition coefficient (Wildman–Crippen LogP) is 0.714. The number of carboxylic acids is 1. The number of aliphatic carboxylic acids is 1. The summed E-state index contributed by atoms with van der Waals surface area (Å²) in [5, 5.41) is 8.21. The molecule has 0 aromatic rings. The van der Waals surface area contributed by atoms with Gasteiger partial charge in [0.1, 0.15) is 11.9 Å². The van der Waals surface area contributed by atoms with Crippen molar-refractivity contribution >= 4 is 23.8 Å². The van der Waals surface area contributed by atoms with Crippen molar-refractivity contribution in [1.29, 1.82) is 0 Å². The van der Waals surface area contributed by atoms with Crippen molar-refractivity contribution in [2.24, 2.45) is 0 Å². The summed E-state index contributed by atoms with van der Waals surface area (Å²) in [7, 11) is 0. The predicted molar refractivity (Wildman–Crippen MR) is 33.3 cm³/mol. The molecule has 0 radical (unpaired) electrons. The van der Waals surface area contributed by atoms with Gasteiger partial charge in [-0.3, -0.25) is 0 Å². The van der Waals surface area contributed by atoms with Crippen LogP contribution in [0, 0.1) is 0 Å². The first kappa shape index (κ1) is 8.97. The second-order valence-electron chi connectivity index (χ2n) is 1.53. The number of halogens is 1. The lowest BCUT2D eigenvalue weighted by atomic mass is 10.3. The molecule has 10 heavy (non-hydrogen) atoms. The van der Waals surface area contributed by atoms with Gasteiger partial charge in [-0.25, -0.2) is 9.59 Å². The number of hydrogen-bond acceptors (Lipinski definition) is 3. The highest BCUT2D eigenvalue weighted by Gasteiger charge is 2.03. The van der Waals surface area contributed by atoms with Gasteiger partial charge in [0.05, 0.1) is 0 Å². The Hall–Kier alpha value is -1.03. The Kier molecular flexibility index (Phi) is 3.49. The van der Waals surface area contributed by atoms with Crippen LogP contribution < -0.4 is 0 Å². The van der Waals surface area contributed by atoms with E-state index >= 15 is 0 Å². The fourth-order valence-corrected chi connectivity index (χ4v) is 0.305. The molecular weight excluding hydrogens is 160 g/mol. The molecule has 0 saturated heterocycles. The maximum Gasteiger partial charge on any atom is 0.349 e. The van der Waals surface area contributed by atoms with Crippen LogP contribution in [0.25, 0.3) is 0 Å². The van der Waals surface area contributed by atoms with E-state index in [9.17, 15) is 9.59 Å². The summed E-state index contributed by atoms with van der Waals surface area (Å²) in [5.74, 6) is -2.07. The third-order valence-electron chi connectivity index (χ3n) is 0.748. The van der Waals surface area contributed by atoms with Crippen molar-refractivity contribution in [3.63, 3.8) is 0 Å². The minimum Gasteiger partial charge on any atom is -0.478 e. The maximum atomic E-state index is 10.2. The molecule has 0 atom stereocenters. The number of hydrogen-bond donors (Lipinski definition) is 1. The van der Waals surface area contributed by atoms with Crippen LogP contribution in [0.15, 0.2) is 11.6 Å². The van der Waals surface area contributed by atoms with Gasteiger partial charge >= 0.3 is 11.9 Å². The molecule has 5 heteroatoms. The number of rotatable bonds is 2. The molecule has 0 aromatic carbocycles. The lowest BCUT2D eigenvalue weighted by Gasteiger charge is -1.89. The van der Waals surface area contributed by atoms with E-state index in [4.69, 9.17) is 5.11 Å². The van der Waals surface area contributed by atoms with Crippen LogP contribution in [-0.2, 0) is 13.9 Å². The highest BCUT2D eigenvalue weighted by Crippen LogP contribution is 1.94. The van der Waals surface area contributed by atoms with E-state index in [2.05, 4.69) is 16.2 Å². The van der Waals surface area contributed by atoms with Gasteiger partial charge in [-0.1, -0.05) is 0 Å². The van der Waals surface area contributed by atoms with Crippen molar-refractivity contribution in [2.75, 3.05) is 0 Å². The summed E-state index contributed by atoms with van der Waals surface area (Å²) in [6.07, 6.45) is 0.787. The normalized spacial score (nSPS) is 10.8. The Morgan fingerprint density at radius 1 is 1.60 bits per heavy atom. The monoisotopic (exact) mass is 164 g/mol. The zero-order valence-electron chi connectivity index (χ0n) is 5.13. The molecule has 4 nitrogen and oxygen atoms in total. The van der Waals surface area contributed by atoms with Crippen LogP contribution >= 0.6 is 11.9 Å². The van der Waals surface area contributed by atoms with Crippen molar-refractivity contribution < 1.29 is 19.0 Å². The molecule has 0 saturated carbocycles. The van der Waals surface area contributed by atoms with Gasteiger partial charge in [0, 0.05) is 11.6 Å². The van der Waals surface area contributed by atoms with Crippen molar-refractivity contribution in [3.8, 4) is 0 Å².